The largest absolute Gasteiger partial charge is 0.416 e. The summed E-state index contributed by atoms with van der Waals surface area (Å²) in [6.45, 7) is 3.92. The smallest absolute Gasteiger partial charge is 0.207 e. The van der Waals surface area contributed by atoms with E-state index < -0.39 is 161 Å². The van der Waals surface area contributed by atoms with Crippen LogP contribution in [0.25, 0.3) is 0 Å². The molecule has 0 aliphatic rings. The Balaban J connectivity index is 0.000000149. The van der Waals surface area contributed by atoms with Crippen molar-refractivity contribution >= 4 is 65.4 Å². The highest BCUT2D eigenvalue weighted by Crippen LogP contribution is 2.44. The lowest BCUT2D eigenvalue weighted by Crippen LogP contribution is -2.12. The van der Waals surface area contributed by atoms with Crippen LogP contribution in [0, 0.1) is 25.5 Å². The highest BCUT2D eigenvalue weighted by molar-refractivity contribution is 7.98. The normalized spacial score (nSPS) is 12.0. The monoisotopic (exact) mass is 2150 g/mol. The average Bonchev–Trinajstić information content (AvgIpc) is 0.794. The number of hydrogen-bond donors (Lipinski definition) is 0. The van der Waals surface area contributed by atoms with Gasteiger partial charge in [0.1, 0.15) is 11.6 Å². The predicted molar refractivity (Wildman–Crippen MR) is 543 cm³/mol. The van der Waals surface area contributed by atoms with Gasteiger partial charge in [-0.3, -0.25) is 0 Å². The molecule has 0 saturated carbocycles. The van der Waals surface area contributed by atoms with Gasteiger partial charge >= 0.3 is 43.2 Å². The van der Waals surface area contributed by atoms with Gasteiger partial charge in [-0.2, -0.15) is 92.2 Å². The second-order valence-electron chi connectivity index (χ2n) is 32.6. The van der Waals surface area contributed by atoms with Crippen molar-refractivity contribution in [2.24, 2.45) is 0 Å². The van der Waals surface area contributed by atoms with Crippen molar-refractivity contribution in [2.75, 3.05) is 0 Å². The molecule has 0 aliphatic heterocycles. The summed E-state index contributed by atoms with van der Waals surface area (Å²) in [5.41, 5.74) is -1.07. The summed E-state index contributed by atoms with van der Waals surface area (Å²) in [7, 11) is -3.71. The topological polar surface area (TPSA) is 0 Å². The molecule has 29 heteroatoms. The Kier molecular flexibility index (Phi) is 38.4. The third-order valence-corrected chi connectivity index (χ3v) is 34.8. The van der Waals surface area contributed by atoms with E-state index in [1.54, 1.807) is 66.7 Å². The van der Waals surface area contributed by atoms with Crippen LogP contribution in [0.15, 0.2) is 567 Å². The molecule has 1 atom stereocenters. The average molecular weight is 2150 g/mol. The molecule has 0 bridgehead atoms. The molecule has 1 unspecified atom stereocenters. The number of alkyl halides is 21. The first-order valence-electron chi connectivity index (χ1n) is 45.1. The van der Waals surface area contributed by atoms with E-state index in [0.717, 1.165) is 137 Å². The lowest BCUT2D eigenvalue weighted by molar-refractivity contribution is -0.138. The summed E-state index contributed by atoms with van der Waals surface area (Å²) in [6, 6.07) is 135. The van der Waals surface area contributed by atoms with Gasteiger partial charge in [0, 0.05) is 30.3 Å². The first kappa shape index (κ1) is 112. The van der Waals surface area contributed by atoms with Crippen LogP contribution in [0.5, 0.6) is 0 Å². The number of hydrogen-bond acceptors (Lipinski definition) is 0. The minimum Gasteiger partial charge on any atom is -0.207 e. The Morgan fingerprint density at radius 3 is 0.527 bits per heavy atom. The van der Waals surface area contributed by atoms with Crippen molar-refractivity contribution in [1.82, 2.24) is 0 Å². The molecule has 148 heavy (non-hydrogen) atoms. The van der Waals surface area contributed by atoms with E-state index in [4.69, 9.17) is 0 Å². The zero-order chi connectivity index (χ0) is 106. The second-order valence-corrected chi connectivity index (χ2v) is 44.7. The molecule has 0 nitrogen and oxygen atoms in total. The van der Waals surface area contributed by atoms with Gasteiger partial charge in [-0.05, 0) is 268 Å². The van der Waals surface area contributed by atoms with Crippen molar-refractivity contribution in [1.29, 1.82) is 0 Å². The van der Waals surface area contributed by atoms with E-state index in [1.165, 1.54) is 72.8 Å². The Morgan fingerprint density at radius 1 is 0.149 bits per heavy atom. The lowest BCUT2D eigenvalue weighted by atomic mass is 10.1. The molecular weight excluding hydrogens is 2060 g/mol. The molecular formula is C119H89F23S6+6. The second kappa shape index (κ2) is 50.9. The first-order chi connectivity index (χ1) is 70.5. The molecule has 0 radical (unpaired) electrons. The van der Waals surface area contributed by atoms with Crippen LogP contribution in [-0.4, -0.2) is 12.4 Å². The van der Waals surface area contributed by atoms with Crippen LogP contribution in [0.1, 0.15) is 50.1 Å². The van der Waals surface area contributed by atoms with Gasteiger partial charge in [-0.15, -0.1) is 0 Å². The molecule has 18 aromatic rings. The molecule has 0 fully saturated rings. The Morgan fingerprint density at radius 2 is 0.318 bits per heavy atom. The van der Waals surface area contributed by atoms with Gasteiger partial charge < -0.3 is 0 Å². The maximum Gasteiger partial charge on any atom is 0.416 e. The molecule has 0 heterocycles. The molecule has 18 rings (SSSR count). The summed E-state index contributed by atoms with van der Waals surface area (Å²) in [5.74, 6) is -1.09. The van der Waals surface area contributed by atoms with Gasteiger partial charge in [0.05, 0.1) is 106 Å². The van der Waals surface area contributed by atoms with Crippen LogP contribution < -0.4 is 0 Å². The van der Waals surface area contributed by atoms with E-state index in [-0.39, 0.29) is 0 Å². The fourth-order valence-electron chi connectivity index (χ4n) is 14.9. The molecule has 0 aromatic heterocycles. The number of aryl methyl sites for hydroxylation is 2. The van der Waals surface area contributed by atoms with Crippen molar-refractivity contribution in [3.8, 4) is 0 Å². The summed E-state index contributed by atoms with van der Waals surface area (Å²) >= 11 is 0. The third-order valence-electron chi connectivity index (χ3n) is 21.5. The molecule has 0 amide bonds. The molecule has 0 N–H and O–H groups in total. The summed E-state index contributed by atoms with van der Waals surface area (Å²) < 4.78 is 298. The van der Waals surface area contributed by atoms with Crippen LogP contribution >= 0.6 is 0 Å². The van der Waals surface area contributed by atoms with Crippen molar-refractivity contribution in [3.05, 3.63) is 541 Å². The predicted octanol–water partition coefficient (Wildman–Crippen LogP) is 36.9. The third kappa shape index (κ3) is 32.7. The lowest BCUT2D eigenvalue weighted by Gasteiger charge is -2.12. The standard InChI is InChI=1S/C21H15F6S.C20H13F6S.3C20H16F3S.C18H13F2S/c1-14-2-8-17(9-3-14)28(18-10-4-15(5-11-18)20(22,23)24)19-12-6-16(7-13-19)21(25,26)27;21-19(22,23)14-6-4-10-17(12-14)27(16-8-2-1-3-9-16)18-11-5-7-15(13-18)20(24,25)26;1-15-7-11-18(12-8-15)24(17-5-3-2-4-6-17)19-13-9-16(10-14-19)20(21,22)23;2*21-20(22,23)15-16-8-7-13-19(14-16)24(17-9-3-1-4-10-17)18-11-5-2-6-12-18;19-14-11-15(20)13-18(12-14)21(16-7-3-1-4-8-16)17-9-5-2-6-10-17/h2-13H,1H3;1-13H;2-14H,1H3;2*1-14H,15H2;1-13H/q6*+1. The number of rotatable bonds is 20. The van der Waals surface area contributed by atoms with Gasteiger partial charge in [-0.1, -0.05) is 217 Å². The maximum absolute atomic E-state index is 13.6. The molecule has 0 saturated heterocycles. The maximum atomic E-state index is 13.6. The van der Waals surface area contributed by atoms with Crippen LogP contribution in [0.2, 0.25) is 0 Å². The fourth-order valence-corrected chi connectivity index (χ4v) is 27.6. The minimum atomic E-state index is -4.53. The molecule has 0 spiro atoms. The zero-order valence-corrected chi connectivity index (χ0v) is 83.1. The Hall–Kier alpha value is -13.6. The molecule has 0 aliphatic carbocycles. The van der Waals surface area contributed by atoms with Crippen molar-refractivity contribution in [2.45, 2.75) is 158 Å². The number of halogens is 23. The highest BCUT2D eigenvalue weighted by Gasteiger charge is 2.42. The summed E-state index contributed by atoms with van der Waals surface area (Å²) in [5, 5.41) is 0. The Labute approximate surface area is 859 Å². The van der Waals surface area contributed by atoms with Crippen LogP contribution in [0.3, 0.4) is 0 Å². The molecule has 756 valence electrons. The Bertz CT molecular complexity index is 6760. The first-order valence-corrected chi connectivity index (χ1v) is 52.4. The van der Waals surface area contributed by atoms with E-state index >= 15 is 0 Å². The van der Waals surface area contributed by atoms with E-state index in [1.807, 2.05) is 287 Å². The van der Waals surface area contributed by atoms with Crippen LogP contribution in [-0.2, 0) is 109 Å². The SMILES string of the molecule is Cc1ccc([S+](c2ccc(C(F)(F)F)cc2)c2ccc(C(F)(F)F)cc2)cc1.Cc1ccc([S+](c2ccccc2)c2ccc(C(F)(F)F)cc2)cc1.FC(F)(F)Cc1cccc([S+](c2ccccc2)c2ccccc2)c1.FC(F)(F)Cc1cccc([S+](c2ccccc2)c2ccccc2)c1.FC(F)(F)c1cccc([S+](c2ccccc2)c2cccc(C(F)(F)F)c2)c1.Fc1cc(F)cc([S+](c2ccccc2)c2ccccc2)c1. The summed E-state index contributed by atoms with van der Waals surface area (Å²) in [4.78, 5) is 15.2. The van der Waals surface area contributed by atoms with Gasteiger partial charge in [0.25, 0.3) is 0 Å². The quantitative estimate of drug-likeness (QED) is 0.0527. The van der Waals surface area contributed by atoms with Crippen molar-refractivity contribution < 1.29 is 101 Å². The van der Waals surface area contributed by atoms with Gasteiger partial charge in [0.15, 0.2) is 88.1 Å². The van der Waals surface area contributed by atoms with Crippen LogP contribution in [0.4, 0.5) is 101 Å². The fraction of sp³-hybridized carbons (Fsp3) is 0.0924. The minimum absolute atomic E-state index is 0.296. The highest BCUT2D eigenvalue weighted by atomic mass is 32.2. The van der Waals surface area contributed by atoms with Gasteiger partial charge in [0.2, 0.25) is 0 Å². The van der Waals surface area contributed by atoms with E-state index in [2.05, 4.69) is 0 Å². The van der Waals surface area contributed by atoms with Crippen molar-refractivity contribution in [3.63, 3.8) is 0 Å². The number of benzene rings is 18. The van der Waals surface area contributed by atoms with E-state index in [9.17, 15) is 101 Å². The molecule has 18 aromatic carbocycles. The summed E-state index contributed by atoms with van der Waals surface area (Å²) in [6.07, 6.45) is -32.5. The van der Waals surface area contributed by atoms with E-state index in [0.29, 0.717) is 40.5 Å². The van der Waals surface area contributed by atoms with Gasteiger partial charge in [-0.25, -0.2) is 8.78 Å². The zero-order valence-electron chi connectivity index (χ0n) is 78.2.